The maximum absolute atomic E-state index is 12.4. The molecule has 0 aromatic heterocycles. The first-order valence-electron chi connectivity index (χ1n) is 9.30. The van der Waals surface area contributed by atoms with Crippen LogP contribution >= 0.6 is 11.8 Å². The number of hydrogen-bond donors (Lipinski definition) is 1. The van der Waals surface area contributed by atoms with Gasteiger partial charge in [-0.15, -0.1) is 0 Å². The molecule has 0 aliphatic heterocycles. The summed E-state index contributed by atoms with van der Waals surface area (Å²) in [6.07, 6.45) is 2.07. The Morgan fingerprint density at radius 3 is 2.25 bits per heavy atom. The molecular weight excluding hydrogens is 366 g/mol. The largest absolute Gasteiger partial charge is 0.372 e. The molecule has 0 atom stereocenters. The van der Waals surface area contributed by atoms with E-state index in [1.807, 2.05) is 60.7 Å². The number of carbonyl (C=O) groups is 1. The van der Waals surface area contributed by atoms with Gasteiger partial charge >= 0.3 is 0 Å². The van der Waals surface area contributed by atoms with E-state index in [4.69, 9.17) is 4.74 Å². The third kappa shape index (κ3) is 6.25. The van der Waals surface area contributed by atoms with Gasteiger partial charge in [-0.1, -0.05) is 66.7 Å². The zero-order valence-corrected chi connectivity index (χ0v) is 16.9. The predicted octanol–water partition coefficient (Wildman–Crippen LogP) is 5.20. The van der Waals surface area contributed by atoms with Gasteiger partial charge in [-0.05, 0) is 40.6 Å². The van der Waals surface area contributed by atoms with Crippen LogP contribution in [0.5, 0.6) is 0 Å². The fourth-order valence-corrected chi connectivity index (χ4v) is 3.42. The minimum atomic E-state index is -0.0542. The molecule has 0 aliphatic carbocycles. The highest BCUT2D eigenvalue weighted by atomic mass is 32.2. The van der Waals surface area contributed by atoms with Crippen molar-refractivity contribution in [3.05, 3.63) is 107 Å². The molecule has 3 aromatic rings. The van der Waals surface area contributed by atoms with Gasteiger partial charge in [-0.25, -0.2) is 0 Å². The maximum atomic E-state index is 12.4. The van der Waals surface area contributed by atoms with Crippen molar-refractivity contribution in [2.24, 2.45) is 0 Å². The summed E-state index contributed by atoms with van der Waals surface area (Å²) in [7, 11) is 0. The van der Waals surface area contributed by atoms with Gasteiger partial charge in [0.1, 0.15) is 0 Å². The van der Waals surface area contributed by atoms with Crippen LogP contribution in [0.3, 0.4) is 0 Å². The Morgan fingerprint density at radius 2 is 1.50 bits per heavy atom. The van der Waals surface area contributed by atoms with Crippen molar-refractivity contribution < 1.29 is 9.53 Å². The van der Waals surface area contributed by atoms with Crippen molar-refractivity contribution >= 4 is 17.7 Å². The number of nitrogens with one attached hydrogen (secondary N) is 1. The van der Waals surface area contributed by atoms with Crippen LogP contribution in [0, 0.1) is 0 Å². The highest BCUT2D eigenvalue weighted by Gasteiger charge is 2.06. The molecular formula is C24H25NO2S. The highest BCUT2D eigenvalue weighted by molar-refractivity contribution is 7.97. The molecule has 0 heterocycles. The average molecular weight is 392 g/mol. The smallest absolute Gasteiger partial charge is 0.251 e. The van der Waals surface area contributed by atoms with Crippen LogP contribution in [0.25, 0.3) is 0 Å². The molecule has 0 spiro atoms. The molecule has 0 unspecified atom stereocenters. The van der Waals surface area contributed by atoms with Crippen molar-refractivity contribution in [1.29, 1.82) is 0 Å². The summed E-state index contributed by atoms with van der Waals surface area (Å²) in [5, 5.41) is 2.99. The summed E-state index contributed by atoms with van der Waals surface area (Å²) < 4.78 is 5.80. The van der Waals surface area contributed by atoms with E-state index >= 15 is 0 Å². The number of ether oxygens (including phenoxy) is 1. The number of benzene rings is 3. The average Bonchev–Trinajstić information content (AvgIpc) is 2.74. The molecule has 3 aromatic carbocycles. The lowest BCUT2D eigenvalue weighted by atomic mass is 10.1. The Morgan fingerprint density at radius 1 is 0.821 bits per heavy atom. The first-order valence-corrected chi connectivity index (χ1v) is 10.7. The Hall–Kier alpha value is -2.56. The molecule has 1 N–H and O–H groups in total. The standard InChI is InChI=1S/C24H25NO2S/c1-28-18-20-10-12-23(13-11-20)24(26)25-15-21-8-5-9-22(14-21)17-27-16-19-6-3-2-4-7-19/h2-14H,15-18H2,1H3,(H,25,26). The molecule has 0 aliphatic rings. The number of carbonyl (C=O) groups excluding carboxylic acids is 1. The summed E-state index contributed by atoms with van der Waals surface area (Å²) in [5.74, 6) is 0.905. The Kier molecular flexibility index (Phi) is 7.71. The van der Waals surface area contributed by atoms with Crippen molar-refractivity contribution in [1.82, 2.24) is 5.32 Å². The van der Waals surface area contributed by atoms with Crippen LogP contribution < -0.4 is 5.32 Å². The van der Waals surface area contributed by atoms with E-state index in [0.29, 0.717) is 25.3 Å². The minimum absolute atomic E-state index is 0.0542. The van der Waals surface area contributed by atoms with E-state index < -0.39 is 0 Å². The summed E-state index contributed by atoms with van der Waals surface area (Å²) in [5.41, 5.74) is 5.24. The van der Waals surface area contributed by atoms with Crippen molar-refractivity contribution in [3.63, 3.8) is 0 Å². The first kappa shape index (κ1) is 20.2. The van der Waals surface area contributed by atoms with E-state index in [0.717, 1.165) is 22.4 Å². The molecule has 4 heteroatoms. The lowest BCUT2D eigenvalue weighted by Gasteiger charge is -2.09. The van der Waals surface area contributed by atoms with Crippen LogP contribution in [0.2, 0.25) is 0 Å². The third-order valence-electron chi connectivity index (χ3n) is 4.35. The van der Waals surface area contributed by atoms with Crippen LogP contribution in [0.15, 0.2) is 78.9 Å². The van der Waals surface area contributed by atoms with E-state index in [9.17, 15) is 4.79 Å². The summed E-state index contributed by atoms with van der Waals surface area (Å²) >= 11 is 1.77. The summed E-state index contributed by atoms with van der Waals surface area (Å²) in [4.78, 5) is 12.4. The molecule has 144 valence electrons. The lowest BCUT2D eigenvalue weighted by Crippen LogP contribution is -2.22. The highest BCUT2D eigenvalue weighted by Crippen LogP contribution is 2.12. The van der Waals surface area contributed by atoms with Gasteiger partial charge in [0.05, 0.1) is 13.2 Å². The Bertz CT molecular complexity index is 879. The van der Waals surface area contributed by atoms with E-state index in [2.05, 4.69) is 29.8 Å². The molecule has 28 heavy (non-hydrogen) atoms. The van der Waals surface area contributed by atoms with Crippen LogP contribution in [-0.2, 0) is 30.2 Å². The number of rotatable bonds is 9. The van der Waals surface area contributed by atoms with Gasteiger partial charge in [0, 0.05) is 17.9 Å². The van der Waals surface area contributed by atoms with Gasteiger partial charge in [-0.3, -0.25) is 4.79 Å². The van der Waals surface area contributed by atoms with E-state index in [-0.39, 0.29) is 5.91 Å². The second-order valence-corrected chi connectivity index (χ2v) is 7.48. The van der Waals surface area contributed by atoms with E-state index in [1.54, 1.807) is 11.8 Å². The minimum Gasteiger partial charge on any atom is -0.372 e. The molecule has 3 rings (SSSR count). The Labute approximate surface area is 171 Å². The normalized spacial score (nSPS) is 10.6. The second-order valence-electron chi connectivity index (χ2n) is 6.61. The topological polar surface area (TPSA) is 38.3 Å². The predicted molar refractivity (Wildman–Crippen MR) is 116 cm³/mol. The quantitative estimate of drug-likeness (QED) is 0.545. The summed E-state index contributed by atoms with van der Waals surface area (Å²) in [6, 6.07) is 26.1. The molecule has 1 amide bonds. The van der Waals surface area contributed by atoms with Gasteiger partial charge in [-0.2, -0.15) is 11.8 Å². The lowest BCUT2D eigenvalue weighted by molar-refractivity contribution is 0.0951. The zero-order valence-electron chi connectivity index (χ0n) is 16.1. The molecule has 0 saturated heterocycles. The van der Waals surface area contributed by atoms with Gasteiger partial charge in [0.25, 0.3) is 5.91 Å². The fraction of sp³-hybridized carbons (Fsp3) is 0.208. The van der Waals surface area contributed by atoms with Crippen LogP contribution in [0.4, 0.5) is 0 Å². The molecule has 0 bridgehead atoms. The summed E-state index contributed by atoms with van der Waals surface area (Å²) in [6.45, 7) is 1.64. The zero-order chi connectivity index (χ0) is 19.6. The van der Waals surface area contributed by atoms with Crippen molar-refractivity contribution in [2.45, 2.75) is 25.5 Å². The fourth-order valence-electron chi connectivity index (χ4n) is 2.89. The van der Waals surface area contributed by atoms with Crippen LogP contribution in [0.1, 0.15) is 32.6 Å². The molecule has 3 nitrogen and oxygen atoms in total. The van der Waals surface area contributed by atoms with Gasteiger partial charge in [0.15, 0.2) is 0 Å². The SMILES string of the molecule is CSCc1ccc(C(=O)NCc2cccc(COCc3ccccc3)c2)cc1. The Balaban J connectivity index is 1.49. The maximum Gasteiger partial charge on any atom is 0.251 e. The van der Waals surface area contributed by atoms with Crippen LogP contribution in [-0.4, -0.2) is 12.2 Å². The number of thioether (sulfide) groups is 1. The third-order valence-corrected chi connectivity index (χ3v) is 4.97. The molecule has 0 radical (unpaired) electrons. The van der Waals surface area contributed by atoms with Crippen molar-refractivity contribution in [3.8, 4) is 0 Å². The number of hydrogen-bond acceptors (Lipinski definition) is 3. The monoisotopic (exact) mass is 391 g/mol. The first-order chi connectivity index (χ1) is 13.7. The van der Waals surface area contributed by atoms with E-state index in [1.165, 1.54) is 5.56 Å². The molecule has 0 saturated carbocycles. The van der Waals surface area contributed by atoms with Gasteiger partial charge < -0.3 is 10.1 Å². The molecule has 0 fully saturated rings. The van der Waals surface area contributed by atoms with Crippen molar-refractivity contribution in [2.75, 3.05) is 6.26 Å². The second kappa shape index (κ2) is 10.7. The number of amides is 1. The van der Waals surface area contributed by atoms with Gasteiger partial charge in [0.2, 0.25) is 0 Å².